The van der Waals surface area contributed by atoms with Gasteiger partial charge < -0.3 is 14.9 Å². The van der Waals surface area contributed by atoms with Gasteiger partial charge in [0.2, 0.25) is 5.91 Å². The van der Waals surface area contributed by atoms with Gasteiger partial charge in [-0.05, 0) is 48.8 Å². The minimum atomic E-state index is -0.509. The van der Waals surface area contributed by atoms with Crippen LogP contribution < -0.4 is 4.90 Å². The van der Waals surface area contributed by atoms with Crippen LogP contribution in [0.2, 0.25) is 5.02 Å². The quantitative estimate of drug-likeness (QED) is 0.691. The lowest BCUT2D eigenvalue weighted by molar-refractivity contribution is -0.133. The Balaban J connectivity index is 1.47. The van der Waals surface area contributed by atoms with Gasteiger partial charge in [0.25, 0.3) is 0 Å². The molecule has 1 N–H and O–H groups in total. The summed E-state index contributed by atoms with van der Waals surface area (Å²) in [5, 5.41) is 11.0. The Labute approximate surface area is 195 Å². The molecule has 32 heavy (non-hydrogen) atoms. The average Bonchev–Trinajstić information content (AvgIpc) is 3.08. The maximum absolute atomic E-state index is 13.5. The molecule has 2 aliphatic rings. The normalized spacial score (nSPS) is 21.7. The molecule has 1 aromatic heterocycles. The molecule has 1 aliphatic carbocycles. The van der Waals surface area contributed by atoms with Crippen molar-refractivity contribution in [3.8, 4) is 0 Å². The van der Waals surface area contributed by atoms with Crippen molar-refractivity contribution < 1.29 is 9.90 Å². The van der Waals surface area contributed by atoms with Crippen LogP contribution >= 0.6 is 11.6 Å². The molecule has 1 fully saturated rings. The lowest BCUT2D eigenvalue weighted by atomic mass is 9.90. The first-order chi connectivity index (χ1) is 15.3. The zero-order valence-corrected chi connectivity index (χ0v) is 19.9. The number of hydrogen-bond donors (Lipinski definition) is 1. The SMILES string of the molecule is CC(C)CC[C@@H](C(=O)N1CCN(c2ncnc3c2[C@H](C)C[C@H]3O)CC1)c1ccc(Cl)cc1. The first-order valence-corrected chi connectivity index (χ1v) is 12.0. The smallest absolute Gasteiger partial charge is 0.230 e. The molecular formula is C25H33ClN4O2. The van der Waals surface area contributed by atoms with Crippen molar-refractivity contribution >= 4 is 23.3 Å². The van der Waals surface area contributed by atoms with Crippen molar-refractivity contribution in [3.05, 3.63) is 52.4 Å². The molecule has 4 rings (SSSR count). The minimum Gasteiger partial charge on any atom is -0.387 e. The molecule has 2 aromatic rings. The number of halogens is 1. The first kappa shape index (κ1) is 23.0. The molecule has 0 spiro atoms. The predicted octanol–water partition coefficient (Wildman–Crippen LogP) is 4.54. The van der Waals surface area contributed by atoms with E-state index in [1.54, 1.807) is 6.33 Å². The van der Waals surface area contributed by atoms with Gasteiger partial charge in [-0.15, -0.1) is 0 Å². The van der Waals surface area contributed by atoms with E-state index in [2.05, 4.69) is 35.6 Å². The molecular weight excluding hydrogens is 424 g/mol. The van der Waals surface area contributed by atoms with Crippen LogP contribution in [0.1, 0.15) is 74.8 Å². The first-order valence-electron chi connectivity index (χ1n) is 11.7. The highest BCUT2D eigenvalue weighted by atomic mass is 35.5. The van der Waals surface area contributed by atoms with Gasteiger partial charge >= 0.3 is 0 Å². The number of aliphatic hydroxyl groups excluding tert-OH is 1. The van der Waals surface area contributed by atoms with Gasteiger partial charge in [0, 0.05) is 36.8 Å². The number of carbonyl (C=O) groups is 1. The fourth-order valence-corrected chi connectivity index (χ4v) is 5.07. The van der Waals surface area contributed by atoms with E-state index in [0.29, 0.717) is 30.5 Å². The number of aliphatic hydroxyl groups is 1. The second-order valence-corrected chi connectivity index (χ2v) is 9.97. The topological polar surface area (TPSA) is 69.6 Å². The van der Waals surface area contributed by atoms with Crippen molar-refractivity contribution in [2.75, 3.05) is 31.1 Å². The Bertz CT molecular complexity index is 941. The van der Waals surface area contributed by atoms with Gasteiger partial charge in [-0.25, -0.2) is 9.97 Å². The Morgan fingerprint density at radius 3 is 2.47 bits per heavy atom. The Hall–Kier alpha value is -2.18. The summed E-state index contributed by atoms with van der Waals surface area (Å²) in [6.07, 6.45) is 3.58. The van der Waals surface area contributed by atoms with Crippen LogP contribution in [-0.4, -0.2) is 52.1 Å². The summed E-state index contributed by atoms with van der Waals surface area (Å²) in [6.45, 7) is 9.30. The molecule has 3 atom stereocenters. The summed E-state index contributed by atoms with van der Waals surface area (Å²) < 4.78 is 0. The highest BCUT2D eigenvalue weighted by Crippen LogP contribution is 2.42. The monoisotopic (exact) mass is 456 g/mol. The average molecular weight is 457 g/mol. The van der Waals surface area contributed by atoms with E-state index >= 15 is 0 Å². The molecule has 7 heteroatoms. The van der Waals surface area contributed by atoms with E-state index in [4.69, 9.17) is 11.6 Å². The third-order valence-electron chi connectivity index (χ3n) is 6.77. The van der Waals surface area contributed by atoms with Gasteiger partial charge in [0.05, 0.1) is 17.7 Å². The third kappa shape index (κ3) is 4.76. The minimum absolute atomic E-state index is 0.139. The lowest BCUT2D eigenvalue weighted by Gasteiger charge is -2.38. The number of carbonyl (C=O) groups excluding carboxylic acids is 1. The summed E-state index contributed by atoms with van der Waals surface area (Å²) >= 11 is 6.08. The van der Waals surface area contributed by atoms with Gasteiger partial charge in [0.1, 0.15) is 12.1 Å². The van der Waals surface area contributed by atoms with E-state index in [1.807, 2.05) is 29.2 Å². The second-order valence-electron chi connectivity index (χ2n) is 9.54. The molecule has 1 saturated heterocycles. The van der Waals surface area contributed by atoms with Crippen LogP contribution in [0.5, 0.6) is 0 Å². The lowest BCUT2D eigenvalue weighted by Crippen LogP contribution is -2.50. The zero-order chi connectivity index (χ0) is 22.8. The van der Waals surface area contributed by atoms with Crippen LogP contribution in [0.25, 0.3) is 0 Å². The molecule has 6 nitrogen and oxygen atoms in total. The highest BCUT2D eigenvalue weighted by molar-refractivity contribution is 6.30. The number of anilines is 1. The van der Waals surface area contributed by atoms with Crippen LogP contribution in [0, 0.1) is 5.92 Å². The number of hydrogen-bond acceptors (Lipinski definition) is 5. The fraction of sp³-hybridized carbons (Fsp3) is 0.560. The maximum atomic E-state index is 13.5. The summed E-state index contributed by atoms with van der Waals surface area (Å²) in [4.78, 5) is 26.7. The molecule has 1 amide bonds. The van der Waals surface area contributed by atoms with Crippen LogP contribution in [0.4, 0.5) is 5.82 Å². The largest absolute Gasteiger partial charge is 0.387 e. The summed E-state index contributed by atoms with van der Waals surface area (Å²) in [7, 11) is 0. The van der Waals surface area contributed by atoms with Crippen LogP contribution in [0.15, 0.2) is 30.6 Å². The van der Waals surface area contributed by atoms with Crippen molar-refractivity contribution in [1.82, 2.24) is 14.9 Å². The highest BCUT2D eigenvalue weighted by Gasteiger charge is 2.35. The zero-order valence-electron chi connectivity index (χ0n) is 19.2. The molecule has 0 unspecified atom stereocenters. The van der Waals surface area contributed by atoms with Crippen LogP contribution in [-0.2, 0) is 4.79 Å². The number of benzene rings is 1. The van der Waals surface area contributed by atoms with Gasteiger partial charge in [-0.3, -0.25) is 4.79 Å². The molecule has 1 aromatic carbocycles. The second kappa shape index (κ2) is 9.75. The van der Waals surface area contributed by atoms with E-state index in [0.717, 1.165) is 48.6 Å². The number of piperazine rings is 1. The standard InChI is InChI=1S/C25H33ClN4O2/c1-16(2)4-9-20(18-5-7-19(26)8-6-18)25(32)30-12-10-29(11-13-30)24-22-17(3)14-21(31)23(22)27-15-28-24/h5-8,15-17,20-21,31H,4,9-14H2,1-3H3/t17-,20-,21-/m1/s1. The third-order valence-corrected chi connectivity index (χ3v) is 7.02. The molecule has 172 valence electrons. The summed E-state index contributed by atoms with van der Waals surface area (Å²) in [5.41, 5.74) is 2.87. The van der Waals surface area contributed by atoms with Crippen molar-refractivity contribution in [2.45, 2.75) is 58.0 Å². The number of nitrogens with zero attached hydrogens (tertiary/aromatic N) is 4. The van der Waals surface area contributed by atoms with Crippen molar-refractivity contribution in [3.63, 3.8) is 0 Å². The van der Waals surface area contributed by atoms with E-state index < -0.39 is 6.10 Å². The molecule has 1 aliphatic heterocycles. The summed E-state index contributed by atoms with van der Waals surface area (Å²) in [5.74, 6) is 1.76. The van der Waals surface area contributed by atoms with E-state index in [-0.39, 0.29) is 17.7 Å². The van der Waals surface area contributed by atoms with Gasteiger partial charge in [-0.2, -0.15) is 0 Å². The molecule has 0 radical (unpaired) electrons. The molecule has 2 heterocycles. The van der Waals surface area contributed by atoms with Crippen LogP contribution in [0.3, 0.4) is 0 Å². The van der Waals surface area contributed by atoms with E-state index in [1.165, 1.54) is 0 Å². The number of aromatic nitrogens is 2. The Morgan fingerprint density at radius 2 is 1.81 bits per heavy atom. The van der Waals surface area contributed by atoms with Crippen molar-refractivity contribution in [2.24, 2.45) is 5.92 Å². The maximum Gasteiger partial charge on any atom is 0.230 e. The molecule has 0 saturated carbocycles. The number of rotatable bonds is 6. The Kier molecular flexibility index (Phi) is 7.01. The van der Waals surface area contributed by atoms with Gasteiger partial charge in [-0.1, -0.05) is 44.5 Å². The van der Waals surface area contributed by atoms with E-state index in [9.17, 15) is 9.90 Å². The van der Waals surface area contributed by atoms with Crippen molar-refractivity contribution in [1.29, 1.82) is 0 Å². The number of fused-ring (bicyclic) bond motifs is 1. The number of amides is 1. The summed E-state index contributed by atoms with van der Waals surface area (Å²) in [6, 6.07) is 7.71. The predicted molar refractivity (Wildman–Crippen MR) is 127 cm³/mol. The molecule has 0 bridgehead atoms. The Morgan fingerprint density at radius 1 is 1.12 bits per heavy atom. The fourth-order valence-electron chi connectivity index (χ4n) is 4.94. The van der Waals surface area contributed by atoms with Gasteiger partial charge in [0.15, 0.2) is 0 Å².